The molecule has 2 aromatic carbocycles. The van der Waals surface area contributed by atoms with E-state index < -0.39 is 39.1 Å². The summed E-state index contributed by atoms with van der Waals surface area (Å²) in [5.74, 6) is -3.80. The van der Waals surface area contributed by atoms with Gasteiger partial charge in [0.2, 0.25) is 23.6 Å². The minimum absolute atomic E-state index is 0.00181. The van der Waals surface area contributed by atoms with Crippen molar-refractivity contribution in [2.75, 3.05) is 17.8 Å². The number of anilines is 1. The van der Waals surface area contributed by atoms with Gasteiger partial charge in [-0.05, 0) is 48.7 Å². The highest BCUT2D eigenvalue weighted by molar-refractivity contribution is 7.91. The molecule has 0 spiro atoms. The highest BCUT2D eigenvalue weighted by Crippen LogP contribution is 2.46. The Morgan fingerprint density at radius 3 is 2.47 bits per heavy atom. The summed E-state index contributed by atoms with van der Waals surface area (Å²) < 4.78 is 65.2. The average molecular weight is 567 g/mol. The number of fused-ring (bicyclic) bond motifs is 1. The van der Waals surface area contributed by atoms with E-state index in [1.54, 1.807) is 24.3 Å². The molecule has 1 aliphatic heterocycles. The number of hydrogen-bond donors (Lipinski definition) is 1. The van der Waals surface area contributed by atoms with Crippen LogP contribution in [0, 0.1) is 0 Å². The van der Waals surface area contributed by atoms with E-state index in [9.17, 15) is 22.0 Å². The quantitative estimate of drug-likeness (QED) is 0.489. The highest BCUT2D eigenvalue weighted by atomic mass is 35.5. The minimum Gasteiger partial charge on any atom is -0.418 e. The van der Waals surface area contributed by atoms with Crippen molar-refractivity contribution in [1.29, 1.82) is 0 Å². The van der Waals surface area contributed by atoms with E-state index in [-0.39, 0.29) is 54.6 Å². The molecule has 13 heteroatoms. The monoisotopic (exact) mass is 566 g/mol. The molecule has 1 atom stereocenters. The Morgan fingerprint density at radius 2 is 1.82 bits per heavy atom. The molecule has 2 heterocycles. The number of ether oxygens (including phenoxy) is 1. The lowest BCUT2D eigenvalue weighted by atomic mass is 9.82. The van der Waals surface area contributed by atoms with Crippen LogP contribution in [0.25, 0.3) is 11.5 Å². The second kappa shape index (κ2) is 9.67. The van der Waals surface area contributed by atoms with Crippen LogP contribution in [-0.4, -0.2) is 49.3 Å². The van der Waals surface area contributed by atoms with Gasteiger partial charge < -0.3 is 19.8 Å². The predicted octanol–water partition coefficient (Wildman–Crippen LogP) is 4.09. The second-order valence-electron chi connectivity index (χ2n) is 9.59. The van der Waals surface area contributed by atoms with Crippen molar-refractivity contribution in [3.63, 3.8) is 0 Å². The molecule has 1 amide bonds. The number of sulfone groups is 1. The Balaban J connectivity index is 1.55. The zero-order valence-corrected chi connectivity index (χ0v) is 21.9. The topological polar surface area (TPSA) is 129 Å². The molecule has 1 aromatic heterocycles. The maximum absolute atomic E-state index is 13.8. The molecule has 1 aliphatic carbocycles. The third kappa shape index (κ3) is 4.93. The molecule has 5 rings (SSSR count). The number of carbonyl (C=O) groups excluding carboxylic acids is 1. The Kier molecular flexibility index (Phi) is 6.79. The van der Waals surface area contributed by atoms with Gasteiger partial charge in [0, 0.05) is 30.5 Å². The first-order chi connectivity index (χ1) is 17.9. The van der Waals surface area contributed by atoms with Gasteiger partial charge in [-0.15, -0.1) is 10.2 Å². The standard InChI is InChI=1S/C25H25ClF2N4O5S/c1-36-24(8-10-25(27,28)11-9-24)23-31-30-21(37-23)16-4-7-20-19(12-16)32(13-15-2-5-17(26)6-3-15)22(33)18(29)14-38(20,34)35/h2-7,12,18H,8-11,13-14,29H2,1H3/t18-/m0/s1. The van der Waals surface area contributed by atoms with Gasteiger partial charge in [0.1, 0.15) is 5.60 Å². The van der Waals surface area contributed by atoms with Crippen LogP contribution < -0.4 is 10.6 Å². The lowest BCUT2D eigenvalue weighted by Crippen LogP contribution is -2.45. The SMILES string of the molecule is COC1(c2nnc(-c3ccc4c(c3)N(Cc3ccc(Cl)cc3)C(=O)[C@@H](N)CS4(=O)=O)o2)CCC(F)(F)CC1. The molecule has 9 nitrogen and oxygen atoms in total. The molecule has 0 bridgehead atoms. The fourth-order valence-electron chi connectivity index (χ4n) is 4.83. The molecule has 3 aromatic rings. The van der Waals surface area contributed by atoms with E-state index in [4.69, 9.17) is 26.5 Å². The van der Waals surface area contributed by atoms with Crippen molar-refractivity contribution in [2.24, 2.45) is 5.73 Å². The summed E-state index contributed by atoms with van der Waals surface area (Å²) in [6.45, 7) is 0.0474. The molecule has 0 saturated heterocycles. The van der Waals surface area contributed by atoms with Crippen LogP contribution >= 0.6 is 11.6 Å². The predicted molar refractivity (Wildman–Crippen MR) is 135 cm³/mol. The van der Waals surface area contributed by atoms with Crippen LogP contribution in [0.3, 0.4) is 0 Å². The second-order valence-corrected chi connectivity index (χ2v) is 12.0. The number of nitrogens with zero attached hydrogens (tertiary/aromatic N) is 3. The van der Waals surface area contributed by atoms with Gasteiger partial charge in [-0.3, -0.25) is 4.79 Å². The largest absolute Gasteiger partial charge is 0.418 e. The Hall–Kier alpha value is -2.93. The summed E-state index contributed by atoms with van der Waals surface area (Å²) >= 11 is 5.98. The summed E-state index contributed by atoms with van der Waals surface area (Å²) in [6, 6.07) is 9.87. The van der Waals surface area contributed by atoms with E-state index in [1.165, 1.54) is 30.2 Å². The zero-order chi connectivity index (χ0) is 27.3. The van der Waals surface area contributed by atoms with Crippen molar-refractivity contribution in [3.8, 4) is 11.5 Å². The van der Waals surface area contributed by atoms with E-state index in [2.05, 4.69) is 10.2 Å². The number of amides is 1. The van der Waals surface area contributed by atoms with Gasteiger partial charge in [-0.2, -0.15) is 0 Å². The van der Waals surface area contributed by atoms with Crippen molar-refractivity contribution in [2.45, 2.75) is 54.7 Å². The fraction of sp³-hybridized carbons (Fsp3) is 0.400. The molecule has 2 aliphatic rings. The van der Waals surface area contributed by atoms with Gasteiger partial charge in [-0.25, -0.2) is 17.2 Å². The van der Waals surface area contributed by atoms with E-state index >= 15 is 0 Å². The number of nitrogens with two attached hydrogens (primary N) is 1. The van der Waals surface area contributed by atoms with Gasteiger partial charge in [-0.1, -0.05) is 23.7 Å². The average Bonchev–Trinajstić information content (AvgIpc) is 3.36. The van der Waals surface area contributed by atoms with Crippen molar-refractivity contribution in [1.82, 2.24) is 10.2 Å². The maximum atomic E-state index is 13.8. The summed E-state index contributed by atoms with van der Waals surface area (Å²) in [5.41, 5.74) is 6.01. The molecule has 1 saturated carbocycles. The molecule has 2 N–H and O–H groups in total. The first kappa shape index (κ1) is 26.7. The molecule has 1 fully saturated rings. The first-order valence-electron chi connectivity index (χ1n) is 11.9. The lowest BCUT2D eigenvalue weighted by Gasteiger charge is -2.36. The van der Waals surface area contributed by atoms with Crippen molar-refractivity contribution < 1.29 is 31.1 Å². The lowest BCUT2D eigenvalue weighted by molar-refractivity contribution is -0.132. The third-order valence-corrected chi connectivity index (χ3v) is 9.13. The summed E-state index contributed by atoms with van der Waals surface area (Å²) in [7, 11) is -2.49. The number of carbonyl (C=O) groups is 1. The number of alkyl halides is 2. The highest BCUT2D eigenvalue weighted by Gasteiger charge is 2.48. The number of benzene rings is 2. The van der Waals surface area contributed by atoms with E-state index in [1.807, 2.05) is 0 Å². The number of aromatic nitrogens is 2. The van der Waals surface area contributed by atoms with Crippen molar-refractivity contribution in [3.05, 3.63) is 58.9 Å². The molecule has 0 radical (unpaired) electrons. The third-order valence-electron chi connectivity index (χ3n) is 7.06. The summed E-state index contributed by atoms with van der Waals surface area (Å²) in [5, 5.41) is 8.66. The van der Waals surface area contributed by atoms with E-state index in [0.717, 1.165) is 0 Å². The van der Waals surface area contributed by atoms with Gasteiger partial charge in [0.05, 0.1) is 28.9 Å². The van der Waals surface area contributed by atoms with Crippen molar-refractivity contribution >= 4 is 33.0 Å². The van der Waals surface area contributed by atoms with Crippen LogP contribution in [0.4, 0.5) is 14.5 Å². The summed E-state index contributed by atoms with van der Waals surface area (Å²) in [6.07, 6.45) is -0.752. The number of hydrogen-bond acceptors (Lipinski definition) is 8. The van der Waals surface area contributed by atoms with Crippen LogP contribution in [0.2, 0.25) is 5.02 Å². The molecule has 38 heavy (non-hydrogen) atoms. The zero-order valence-electron chi connectivity index (χ0n) is 20.4. The molecular weight excluding hydrogens is 542 g/mol. The number of methoxy groups -OCH3 is 1. The first-order valence-corrected chi connectivity index (χ1v) is 13.9. The Labute approximate surface area is 222 Å². The Bertz CT molecular complexity index is 1470. The molecule has 0 unspecified atom stereocenters. The smallest absolute Gasteiger partial charge is 0.248 e. The maximum Gasteiger partial charge on any atom is 0.248 e. The fourth-order valence-corrected chi connectivity index (χ4v) is 6.51. The van der Waals surface area contributed by atoms with Crippen LogP contribution in [0.5, 0.6) is 0 Å². The van der Waals surface area contributed by atoms with Crippen LogP contribution in [0.15, 0.2) is 51.8 Å². The number of rotatable bonds is 5. The molecule has 202 valence electrons. The normalized spacial score (nSPS) is 22.1. The molecular formula is C25H25ClF2N4O5S. The Morgan fingerprint density at radius 1 is 1.13 bits per heavy atom. The van der Waals surface area contributed by atoms with E-state index in [0.29, 0.717) is 16.1 Å². The van der Waals surface area contributed by atoms with Crippen LogP contribution in [-0.2, 0) is 31.5 Å². The van der Waals surface area contributed by atoms with Gasteiger partial charge in [0.25, 0.3) is 0 Å². The number of halogens is 3. The summed E-state index contributed by atoms with van der Waals surface area (Å²) in [4.78, 5) is 14.5. The van der Waals surface area contributed by atoms with Gasteiger partial charge in [0.15, 0.2) is 9.84 Å². The van der Waals surface area contributed by atoms with Gasteiger partial charge >= 0.3 is 0 Å². The minimum atomic E-state index is -3.89. The van der Waals surface area contributed by atoms with Crippen LogP contribution in [0.1, 0.15) is 37.1 Å².